The molecule has 0 spiro atoms. The Morgan fingerprint density at radius 1 is 1.13 bits per heavy atom. The summed E-state index contributed by atoms with van der Waals surface area (Å²) in [7, 11) is 0. The summed E-state index contributed by atoms with van der Waals surface area (Å²) in [6.45, 7) is 6.18. The number of carbonyl (C=O) groups excluding carboxylic acids is 1. The SMILES string of the molecule is CCCN(CCC)c1ccc(CC(=O)C(=O)O)c2ncccc12. The van der Waals surface area contributed by atoms with E-state index in [1.807, 2.05) is 24.3 Å². The summed E-state index contributed by atoms with van der Waals surface area (Å²) < 4.78 is 0. The average Bonchev–Trinajstić information content (AvgIpc) is 2.55. The highest BCUT2D eigenvalue weighted by Gasteiger charge is 2.17. The van der Waals surface area contributed by atoms with E-state index in [0.29, 0.717) is 11.1 Å². The van der Waals surface area contributed by atoms with Crippen molar-refractivity contribution in [1.82, 2.24) is 4.98 Å². The number of fused-ring (bicyclic) bond motifs is 1. The van der Waals surface area contributed by atoms with Gasteiger partial charge in [-0.1, -0.05) is 19.9 Å². The van der Waals surface area contributed by atoms with Crippen LogP contribution in [0.1, 0.15) is 32.3 Å². The number of Topliss-reactive ketones (excluding diaryl/α,β-unsaturated/α-hetero) is 1. The fourth-order valence-electron chi connectivity index (χ4n) is 2.78. The van der Waals surface area contributed by atoms with E-state index in [0.717, 1.165) is 37.0 Å². The zero-order valence-corrected chi connectivity index (χ0v) is 13.6. The lowest BCUT2D eigenvalue weighted by Gasteiger charge is -2.25. The van der Waals surface area contributed by atoms with E-state index in [-0.39, 0.29) is 6.42 Å². The molecule has 0 aliphatic carbocycles. The second kappa shape index (κ2) is 7.72. The van der Waals surface area contributed by atoms with Crippen LogP contribution < -0.4 is 4.90 Å². The summed E-state index contributed by atoms with van der Waals surface area (Å²) in [6, 6.07) is 7.64. The number of carboxylic acid groups (broad SMARTS) is 1. The van der Waals surface area contributed by atoms with Crippen LogP contribution >= 0.6 is 0 Å². The maximum absolute atomic E-state index is 11.5. The van der Waals surface area contributed by atoms with Gasteiger partial charge in [0.2, 0.25) is 5.78 Å². The van der Waals surface area contributed by atoms with Crippen molar-refractivity contribution in [2.24, 2.45) is 0 Å². The van der Waals surface area contributed by atoms with Crippen LogP contribution in [0.5, 0.6) is 0 Å². The Morgan fingerprint density at radius 3 is 2.43 bits per heavy atom. The second-order valence-electron chi connectivity index (χ2n) is 5.54. The zero-order valence-electron chi connectivity index (χ0n) is 13.6. The monoisotopic (exact) mass is 314 g/mol. The number of anilines is 1. The standard InChI is InChI=1S/C18H22N2O3/c1-3-10-20(11-4-2)15-8-7-13(12-16(21)18(22)23)17-14(15)6-5-9-19-17/h5-9H,3-4,10-12H2,1-2H3,(H,22,23). The number of pyridine rings is 1. The Labute approximate surface area is 135 Å². The number of aliphatic carboxylic acids is 1. The van der Waals surface area contributed by atoms with E-state index in [2.05, 4.69) is 23.7 Å². The van der Waals surface area contributed by atoms with Gasteiger partial charge in [0.25, 0.3) is 0 Å². The molecule has 0 unspecified atom stereocenters. The minimum atomic E-state index is -1.41. The van der Waals surface area contributed by atoms with Crippen molar-refractivity contribution in [3.8, 4) is 0 Å². The number of rotatable bonds is 8. The Balaban J connectivity index is 2.49. The van der Waals surface area contributed by atoms with Gasteiger partial charge in [-0.05, 0) is 36.6 Å². The first kappa shape index (κ1) is 16.9. The molecule has 122 valence electrons. The minimum absolute atomic E-state index is 0.134. The molecule has 0 saturated carbocycles. The lowest BCUT2D eigenvalue weighted by atomic mass is 10.0. The molecule has 2 aromatic rings. The predicted octanol–water partition coefficient (Wildman–Crippen LogP) is 3.06. The topological polar surface area (TPSA) is 70.5 Å². The molecule has 0 atom stereocenters. The van der Waals surface area contributed by atoms with E-state index in [1.54, 1.807) is 6.20 Å². The molecule has 0 amide bonds. The summed E-state index contributed by atoms with van der Waals surface area (Å²) in [5, 5.41) is 9.78. The van der Waals surface area contributed by atoms with Gasteiger partial charge in [0.1, 0.15) is 0 Å². The van der Waals surface area contributed by atoms with E-state index in [4.69, 9.17) is 5.11 Å². The minimum Gasteiger partial charge on any atom is -0.475 e. The van der Waals surface area contributed by atoms with E-state index in [1.165, 1.54) is 0 Å². The van der Waals surface area contributed by atoms with Crippen molar-refractivity contribution in [2.45, 2.75) is 33.1 Å². The van der Waals surface area contributed by atoms with Gasteiger partial charge in [-0.3, -0.25) is 9.78 Å². The third kappa shape index (κ3) is 3.86. The molecule has 1 aromatic heterocycles. The van der Waals surface area contributed by atoms with Crippen molar-refractivity contribution in [3.05, 3.63) is 36.0 Å². The first-order chi connectivity index (χ1) is 11.1. The summed E-state index contributed by atoms with van der Waals surface area (Å²) in [4.78, 5) is 29.0. The molecule has 0 aliphatic heterocycles. The Kier molecular flexibility index (Phi) is 5.68. The van der Waals surface area contributed by atoms with Gasteiger partial charge < -0.3 is 10.0 Å². The zero-order chi connectivity index (χ0) is 16.8. The van der Waals surface area contributed by atoms with Crippen molar-refractivity contribution in [1.29, 1.82) is 0 Å². The molecule has 5 nitrogen and oxygen atoms in total. The molecule has 23 heavy (non-hydrogen) atoms. The van der Waals surface area contributed by atoms with Crippen LogP contribution in [0, 0.1) is 0 Å². The molecule has 5 heteroatoms. The summed E-state index contributed by atoms with van der Waals surface area (Å²) in [6.07, 6.45) is 3.62. The first-order valence-corrected chi connectivity index (χ1v) is 7.96. The lowest BCUT2D eigenvalue weighted by molar-refractivity contribution is -0.148. The number of carboxylic acids is 1. The molecule has 0 bridgehead atoms. The van der Waals surface area contributed by atoms with E-state index < -0.39 is 11.8 Å². The Morgan fingerprint density at radius 2 is 1.83 bits per heavy atom. The molecule has 1 aromatic carbocycles. The van der Waals surface area contributed by atoms with Crippen molar-refractivity contribution < 1.29 is 14.7 Å². The molecular weight excluding hydrogens is 292 g/mol. The summed E-state index contributed by atoms with van der Waals surface area (Å²) >= 11 is 0. The van der Waals surface area contributed by atoms with Crippen LogP contribution in [0.15, 0.2) is 30.5 Å². The van der Waals surface area contributed by atoms with Crippen molar-refractivity contribution >= 4 is 28.3 Å². The van der Waals surface area contributed by atoms with Gasteiger partial charge in [0.15, 0.2) is 0 Å². The average molecular weight is 314 g/mol. The number of aromatic nitrogens is 1. The Bertz CT molecular complexity index is 706. The molecule has 1 N–H and O–H groups in total. The molecule has 0 radical (unpaired) electrons. The van der Waals surface area contributed by atoms with Gasteiger partial charge in [-0.2, -0.15) is 0 Å². The number of benzene rings is 1. The second-order valence-corrected chi connectivity index (χ2v) is 5.54. The maximum Gasteiger partial charge on any atom is 0.372 e. The smallest absolute Gasteiger partial charge is 0.372 e. The van der Waals surface area contributed by atoms with Gasteiger partial charge >= 0.3 is 5.97 Å². The molecular formula is C18H22N2O3. The predicted molar refractivity (Wildman–Crippen MR) is 90.9 cm³/mol. The molecule has 0 saturated heterocycles. The third-order valence-corrected chi connectivity index (χ3v) is 3.75. The maximum atomic E-state index is 11.5. The van der Waals surface area contributed by atoms with Gasteiger partial charge in [0, 0.05) is 36.8 Å². The highest BCUT2D eigenvalue weighted by molar-refractivity contribution is 6.33. The van der Waals surface area contributed by atoms with Crippen LogP contribution in [0.25, 0.3) is 10.9 Å². The number of nitrogens with zero attached hydrogens (tertiary/aromatic N) is 2. The van der Waals surface area contributed by atoms with E-state index in [9.17, 15) is 9.59 Å². The molecule has 1 heterocycles. The normalized spacial score (nSPS) is 10.7. The largest absolute Gasteiger partial charge is 0.475 e. The van der Waals surface area contributed by atoms with Crippen LogP contribution in [0.3, 0.4) is 0 Å². The highest BCUT2D eigenvalue weighted by Crippen LogP contribution is 2.29. The number of ketones is 1. The van der Waals surface area contributed by atoms with Crippen LogP contribution in [0.2, 0.25) is 0 Å². The van der Waals surface area contributed by atoms with Crippen LogP contribution in [-0.2, 0) is 16.0 Å². The fraction of sp³-hybridized carbons (Fsp3) is 0.389. The van der Waals surface area contributed by atoms with E-state index >= 15 is 0 Å². The van der Waals surface area contributed by atoms with Gasteiger partial charge in [-0.25, -0.2) is 4.79 Å². The number of hydrogen-bond acceptors (Lipinski definition) is 4. The lowest BCUT2D eigenvalue weighted by Crippen LogP contribution is -2.25. The number of carbonyl (C=O) groups is 2. The van der Waals surface area contributed by atoms with Gasteiger partial charge in [0.05, 0.1) is 5.52 Å². The third-order valence-electron chi connectivity index (χ3n) is 3.75. The van der Waals surface area contributed by atoms with Crippen molar-refractivity contribution in [3.63, 3.8) is 0 Å². The quantitative estimate of drug-likeness (QED) is 0.758. The van der Waals surface area contributed by atoms with Crippen LogP contribution in [-0.4, -0.2) is 34.9 Å². The van der Waals surface area contributed by atoms with Crippen LogP contribution in [0.4, 0.5) is 5.69 Å². The van der Waals surface area contributed by atoms with Gasteiger partial charge in [-0.15, -0.1) is 0 Å². The summed E-state index contributed by atoms with van der Waals surface area (Å²) in [5.74, 6) is -2.22. The molecule has 0 aliphatic rings. The highest BCUT2D eigenvalue weighted by atomic mass is 16.4. The summed E-state index contributed by atoms with van der Waals surface area (Å²) in [5.41, 5.74) is 2.45. The fourth-order valence-corrected chi connectivity index (χ4v) is 2.78. The Hall–Kier alpha value is -2.43. The first-order valence-electron chi connectivity index (χ1n) is 7.96. The molecule has 0 fully saturated rings. The number of hydrogen-bond donors (Lipinski definition) is 1. The molecule has 2 rings (SSSR count). The van der Waals surface area contributed by atoms with Crippen molar-refractivity contribution in [2.75, 3.05) is 18.0 Å².